The van der Waals surface area contributed by atoms with Gasteiger partial charge in [0.1, 0.15) is 11.6 Å². The lowest BCUT2D eigenvalue weighted by molar-refractivity contribution is 0.286. The van der Waals surface area contributed by atoms with Gasteiger partial charge in [0, 0.05) is 12.5 Å². The van der Waals surface area contributed by atoms with Crippen LogP contribution in [-0.4, -0.2) is 7.11 Å². The Balaban J connectivity index is 2.74. The van der Waals surface area contributed by atoms with Crippen molar-refractivity contribution in [2.24, 2.45) is 11.8 Å². The largest absolute Gasteiger partial charge is 0.497 e. The lowest BCUT2D eigenvalue weighted by Gasteiger charge is -2.20. The molecule has 1 aliphatic rings. The third-order valence-corrected chi connectivity index (χ3v) is 2.20. The number of allylic oxidation sites excluding steroid dienone is 3. The van der Waals surface area contributed by atoms with Crippen molar-refractivity contribution in [2.75, 3.05) is 7.11 Å². The van der Waals surface area contributed by atoms with Crippen LogP contribution in [-0.2, 0) is 4.74 Å². The summed E-state index contributed by atoms with van der Waals surface area (Å²) >= 11 is 0. The van der Waals surface area contributed by atoms with E-state index in [4.69, 9.17) is 4.74 Å². The molecule has 0 saturated heterocycles. The molecule has 12 heavy (non-hydrogen) atoms. The minimum absolute atomic E-state index is 0.0759. The molecule has 1 nitrogen and oxygen atoms in total. The highest BCUT2D eigenvalue weighted by molar-refractivity contribution is 5.21. The summed E-state index contributed by atoms with van der Waals surface area (Å²) in [5, 5.41) is 0. The van der Waals surface area contributed by atoms with Crippen LogP contribution in [0.1, 0.15) is 20.3 Å². The van der Waals surface area contributed by atoms with Crippen molar-refractivity contribution in [3.8, 4) is 0 Å². The summed E-state index contributed by atoms with van der Waals surface area (Å²) in [4.78, 5) is 0. The molecule has 0 aromatic carbocycles. The fourth-order valence-corrected chi connectivity index (χ4v) is 1.31. The Hall–Kier alpha value is -0.790. The van der Waals surface area contributed by atoms with Gasteiger partial charge in [0.2, 0.25) is 0 Å². The number of hydrogen-bond donors (Lipinski definition) is 0. The van der Waals surface area contributed by atoms with Crippen molar-refractivity contribution in [3.05, 3.63) is 23.7 Å². The lowest BCUT2D eigenvalue weighted by Crippen LogP contribution is -2.10. The molecule has 0 amide bonds. The quantitative estimate of drug-likeness (QED) is 0.619. The predicted molar refractivity (Wildman–Crippen MR) is 47.2 cm³/mol. The molecule has 0 N–H and O–H groups in total. The average Bonchev–Trinajstić information content (AvgIpc) is 2.03. The van der Waals surface area contributed by atoms with E-state index in [9.17, 15) is 4.39 Å². The highest BCUT2D eigenvalue weighted by atomic mass is 19.1. The highest BCUT2D eigenvalue weighted by Gasteiger charge is 2.18. The van der Waals surface area contributed by atoms with Crippen LogP contribution in [0.15, 0.2) is 23.7 Å². The topological polar surface area (TPSA) is 9.23 Å². The first-order chi connectivity index (χ1) is 5.63. The maximum Gasteiger partial charge on any atom is 0.117 e. The molecule has 2 heteroatoms. The van der Waals surface area contributed by atoms with Crippen LogP contribution in [0.3, 0.4) is 0 Å². The Morgan fingerprint density at radius 3 is 2.75 bits per heavy atom. The minimum atomic E-state index is -0.0759. The summed E-state index contributed by atoms with van der Waals surface area (Å²) in [5.74, 6) is 1.32. The number of hydrogen-bond acceptors (Lipinski definition) is 1. The van der Waals surface area contributed by atoms with Gasteiger partial charge in [-0.1, -0.05) is 13.8 Å². The average molecular weight is 170 g/mol. The summed E-state index contributed by atoms with van der Waals surface area (Å²) in [7, 11) is 1.57. The van der Waals surface area contributed by atoms with Crippen molar-refractivity contribution in [1.82, 2.24) is 0 Å². The number of rotatable bonds is 2. The smallest absolute Gasteiger partial charge is 0.117 e. The Bertz CT molecular complexity index is 216. The van der Waals surface area contributed by atoms with Gasteiger partial charge in [-0.25, -0.2) is 4.39 Å². The molecule has 0 saturated carbocycles. The van der Waals surface area contributed by atoms with E-state index in [-0.39, 0.29) is 11.7 Å². The van der Waals surface area contributed by atoms with E-state index in [0.29, 0.717) is 18.1 Å². The van der Waals surface area contributed by atoms with Crippen molar-refractivity contribution < 1.29 is 9.13 Å². The van der Waals surface area contributed by atoms with Crippen LogP contribution >= 0.6 is 0 Å². The monoisotopic (exact) mass is 170 g/mol. The maximum absolute atomic E-state index is 13.0. The van der Waals surface area contributed by atoms with Crippen molar-refractivity contribution in [2.45, 2.75) is 20.3 Å². The van der Waals surface area contributed by atoms with Gasteiger partial charge in [0.05, 0.1) is 7.11 Å². The van der Waals surface area contributed by atoms with Crippen molar-refractivity contribution >= 4 is 0 Å². The summed E-state index contributed by atoms with van der Waals surface area (Å²) < 4.78 is 18.0. The maximum atomic E-state index is 13.0. The predicted octanol–water partition coefficient (Wildman–Crippen LogP) is 3.05. The van der Waals surface area contributed by atoms with E-state index >= 15 is 0 Å². The molecule has 68 valence electrons. The molecular formula is C10H15FO. The van der Waals surface area contributed by atoms with Gasteiger partial charge in [-0.2, -0.15) is 0 Å². The molecule has 0 bridgehead atoms. The van der Waals surface area contributed by atoms with Gasteiger partial charge < -0.3 is 4.74 Å². The van der Waals surface area contributed by atoms with Gasteiger partial charge in [-0.15, -0.1) is 0 Å². The highest BCUT2D eigenvalue weighted by Crippen LogP contribution is 2.28. The fourth-order valence-electron chi connectivity index (χ4n) is 1.31. The van der Waals surface area contributed by atoms with Gasteiger partial charge in [0.25, 0.3) is 0 Å². The first-order valence-corrected chi connectivity index (χ1v) is 4.25. The molecule has 0 fully saturated rings. The first-order valence-electron chi connectivity index (χ1n) is 4.25. The van der Waals surface area contributed by atoms with Crippen LogP contribution in [0.4, 0.5) is 4.39 Å². The van der Waals surface area contributed by atoms with Gasteiger partial charge in [0.15, 0.2) is 0 Å². The molecule has 1 rings (SSSR count). The molecule has 0 radical (unpaired) electrons. The number of halogens is 1. The zero-order chi connectivity index (χ0) is 9.14. The molecule has 1 aliphatic carbocycles. The van der Waals surface area contributed by atoms with Crippen LogP contribution in [0.5, 0.6) is 0 Å². The lowest BCUT2D eigenvalue weighted by atomic mass is 9.89. The van der Waals surface area contributed by atoms with E-state index in [1.54, 1.807) is 7.11 Å². The van der Waals surface area contributed by atoms with E-state index in [1.807, 2.05) is 6.08 Å². The zero-order valence-electron chi connectivity index (χ0n) is 7.80. The third-order valence-electron chi connectivity index (χ3n) is 2.20. The SMILES string of the molecule is COC1=CC(C(C)C)CC(F)=C1. The van der Waals surface area contributed by atoms with E-state index < -0.39 is 0 Å². The Morgan fingerprint density at radius 1 is 1.58 bits per heavy atom. The van der Waals surface area contributed by atoms with Crippen molar-refractivity contribution in [3.63, 3.8) is 0 Å². The third kappa shape index (κ3) is 2.10. The fraction of sp³-hybridized carbons (Fsp3) is 0.600. The second-order valence-corrected chi connectivity index (χ2v) is 3.48. The van der Waals surface area contributed by atoms with Crippen LogP contribution in [0.25, 0.3) is 0 Å². The molecule has 0 aromatic heterocycles. The van der Waals surface area contributed by atoms with E-state index in [2.05, 4.69) is 13.8 Å². The molecule has 0 spiro atoms. The molecule has 0 heterocycles. The summed E-state index contributed by atoms with van der Waals surface area (Å²) in [6.45, 7) is 4.18. The second kappa shape index (κ2) is 3.74. The first kappa shape index (κ1) is 9.30. The summed E-state index contributed by atoms with van der Waals surface area (Å²) in [6.07, 6.45) is 3.97. The molecule has 1 unspecified atom stereocenters. The molecule has 0 aliphatic heterocycles. The second-order valence-electron chi connectivity index (χ2n) is 3.48. The van der Waals surface area contributed by atoms with E-state index in [0.717, 1.165) is 0 Å². The minimum Gasteiger partial charge on any atom is -0.497 e. The van der Waals surface area contributed by atoms with Gasteiger partial charge in [-0.05, 0) is 17.9 Å². The van der Waals surface area contributed by atoms with Crippen LogP contribution in [0, 0.1) is 11.8 Å². The molecule has 0 aromatic rings. The Kier molecular flexibility index (Phi) is 2.90. The Morgan fingerprint density at radius 2 is 2.25 bits per heavy atom. The normalized spacial score (nSPS) is 23.6. The number of ether oxygens (including phenoxy) is 1. The zero-order valence-corrected chi connectivity index (χ0v) is 7.80. The summed E-state index contributed by atoms with van der Waals surface area (Å²) in [6, 6.07) is 0. The standard InChI is InChI=1S/C10H15FO/c1-7(2)8-4-9(11)6-10(5-8)12-3/h5-8H,4H2,1-3H3. The van der Waals surface area contributed by atoms with Crippen molar-refractivity contribution in [1.29, 1.82) is 0 Å². The molecular weight excluding hydrogens is 155 g/mol. The van der Waals surface area contributed by atoms with Gasteiger partial charge >= 0.3 is 0 Å². The van der Waals surface area contributed by atoms with Crippen LogP contribution in [0.2, 0.25) is 0 Å². The Labute approximate surface area is 72.9 Å². The molecule has 1 atom stereocenters. The van der Waals surface area contributed by atoms with Crippen LogP contribution < -0.4 is 0 Å². The van der Waals surface area contributed by atoms with E-state index in [1.165, 1.54) is 6.08 Å². The van der Waals surface area contributed by atoms with Gasteiger partial charge in [-0.3, -0.25) is 0 Å². The number of methoxy groups -OCH3 is 1. The summed E-state index contributed by atoms with van der Waals surface area (Å²) in [5.41, 5.74) is 0.